The summed E-state index contributed by atoms with van der Waals surface area (Å²) in [5.74, 6) is -0.234. The summed E-state index contributed by atoms with van der Waals surface area (Å²) < 4.78 is 0. The van der Waals surface area contributed by atoms with Gasteiger partial charge in [0.05, 0.1) is 11.3 Å². The second kappa shape index (κ2) is 6.31. The third kappa shape index (κ3) is 3.26. The Morgan fingerprint density at radius 1 is 1.09 bits per heavy atom. The summed E-state index contributed by atoms with van der Waals surface area (Å²) in [6, 6.07) is 12.8. The van der Waals surface area contributed by atoms with Crippen molar-refractivity contribution in [3.05, 3.63) is 58.5 Å². The number of ketones is 2. The molecule has 0 saturated carbocycles. The number of carbonyl (C=O) groups is 2. The second-order valence-electron chi connectivity index (χ2n) is 4.50. The lowest BCUT2D eigenvalue weighted by atomic mass is 10.2. The van der Waals surface area contributed by atoms with Crippen LogP contribution in [0, 0.1) is 0 Å². The fourth-order valence-corrected chi connectivity index (χ4v) is 2.51. The molecule has 0 aliphatic heterocycles. The minimum atomic E-state index is -0.382. The van der Waals surface area contributed by atoms with Crippen molar-refractivity contribution in [2.75, 3.05) is 5.32 Å². The highest BCUT2D eigenvalue weighted by atomic mass is 32.1. The number of Topliss-reactive ketones (excluding diaryl/α,β-unsaturated/α-hetero) is 2. The van der Waals surface area contributed by atoms with Gasteiger partial charge in [-0.15, -0.1) is 16.4 Å². The largest absolute Gasteiger partial charge is 0.323 e. The van der Waals surface area contributed by atoms with E-state index < -0.39 is 0 Å². The van der Waals surface area contributed by atoms with Gasteiger partial charge in [0.25, 0.3) is 0 Å². The number of nitrogens with one attached hydrogen (secondary N) is 2. The molecule has 6 nitrogen and oxygen atoms in total. The minimum Gasteiger partial charge on any atom is -0.323 e. The molecule has 0 unspecified atom stereocenters. The van der Waals surface area contributed by atoms with Gasteiger partial charge < -0.3 is 5.32 Å². The van der Waals surface area contributed by atoms with Crippen molar-refractivity contribution in [3.8, 4) is 0 Å². The molecule has 1 aromatic carbocycles. The third-order valence-corrected chi connectivity index (χ3v) is 3.81. The van der Waals surface area contributed by atoms with Crippen molar-refractivity contribution in [1.29, 1.82) is 0 Å². The highest BCUT2D eigenvalue weighted by molar-refractivity contribution is 7.12. The number of aromatic nitrogens is 3. The average molecular weight is 312 g/mol. The average Bonchev–Trinajstić information content (AvgIpc) is 3.19. The quantitative estimate of drug-likeness (QED) is 0.539. The number of rotatable bonds is 6. The Morgan fingerprint density at radius 2 is 1.91 bits per heavy atom. The van der Waals surface area contributed by atoms with E-state index in [9.17, 15) is 9.59 Å². The summed E-state index contributed by atoms with van der Waals surface area (Å²) in [4.78, 5) is 28.6. The van der Waals surface area contributed by atoms with Crippen LogP contribution in [0.2, 0.25) is 0 Å². The van der Waals surface area contributed by atoms with E-state index in [-0.39, 0.29) is 29.8 Å². The number of thiophene rings is 1. The predicted octanol–water partition coefficient (Wildman–Crippen LogP) is 3.07. The van der Waals surface area contributed by atoms with Crippen molar-refractivity contribution in [2.24, 2.45) is 0 Å². The van der Waals surface area contributed by atoms with Gasteiger partial charge in [-0.2, -0.15) is 4.98 Å². The molecule has 3 rings (SSSR count). The van der Waals surface area contributed by atoms with Gasteiger partial charge in [0.1, 0.15) is 0 Å². The SMILES string of the molecule is O=C(CC(=O)c1cccs1)c1nc(Nc2ccccc2)n[nH]1. The maximum Gasteiger partial charge on any atom is 0.246 e. The zero-order valence-corrected chi connectivity index (χ0v) is 12.3. The van der Waals surface area contributed by atoms with E-state index in [4.69, 9.17) is 0 Å². The number of nitrogens with zero attached hydrogens (tertiary/aromatic N) is 2. The lowest BCUT2D eigenvalue weighted by Gasteiger charge is -1.99. The van der Waals surface area contributed by atoms with Gasteiger partial charge in [-0.05, 0) is 23.6 Å². The van der Waals surface area contributed by atoms with E-state index in [0.717, 1.165) is 5.69 Å². The summed E-state index contributed by atoms with van der Waals surface area (Å²) in [6.45, 7) is 0. The van der Waals surface area contributed by atoms with Crippen molar-refractivity contribution in [2.45, 2.75) is 6.42 Å². The monoisotopic (exact) mass is 312 g/mol. The number of aromatic amines is 1. The molecule has 0 spiro atoms. The summed E-state index contributed by atoms with van der Waals surface area (Å²) in [6.07, 6.45) is -0.222. The summed E-state index contributed by atoms with van der Waals surface area (Å²) >= 11 is 1.31. The van der Waals surface area contributed by atoms with E-state index in [1.165, 1.54) is 11.3 Å². The molecular weight excluding hydrogens is 300 g/mol. The number of benzene rings is 1. The van der Waals surface area contributed by atoms with Gasteiger partial charge in [-0.1, -0.05) is 24.3 Å². The number of hydrogen-bond acceptors (Lipinski definition) is 6. The maximum atomic E-state index is 12.0. The van der Waals surface area contributed by atoms with Gasteiger partial charge in [-0.3, -0.25) is 14.7 Å². The van der Waals surface area contributed by atoms with Gasteiger partial charge in [0, 0.05) is 5.69 Å². The highest BCUT2D eigenvalue weighted by Gasteiger charge is 2.17. The first kappa shape index (κ1) is 14.2. The van der Waals surface area contributed by atoms with Crippen LogP contribution < -0.4 is 5.32 Å². The lowest BCUT2D eigenvalue weighted by Crippen LogP contribution is -2.09. The van der Waals surface area contributed by atoms with Gasteiger partial charge >= 0.3 is 0 Å². The Labute approximate surface area is 130 Å². The molecule has 2 aromatic heterocycles. The van der Waals surface area contributed by atoms with Crippen molar-refractivity contribution >= 4 is 34.5 Å². The van der Waals surface area contributed by atoms with E-state index in [2.05, 4.69) is 20.5 Å². The first-order valence-electron chi connectivity index (χ1n) is 6.57. The molecule has 3 aromatic rings. The van der Waals surface area contributed by atoms with Gasteiger partial charge in [0.15, 0.2) is 11.6 Å². The van der Waals surface area contributed by atoms with Crippen molar-refractivity contribution < 1.29 is 9.59 Å². The number of anilines is 2. The van der Waals surface area contributed by atoms with Gasteiger partial charge in [0.2, 0.25) is 11.7 Å². The molecule has 0 fully saturated rings. The zero-order chi connectivity index (χ0) is 15.4. The zero-order valence-electron chi connectivity index (χ0n) is 11.4. The molecule has 0 aliphatic carbocycles. The summed E-state index contributed by atoms with van der Waals surface area (Å²) in [7, 11) is 0. The molecule has 7 heteroatoms. The molecule has 22 heavy (non-hydrogen) atoms. The van der Waals surface area contributed by atoms with Crippen LogP contribution in [-0.4, -0.2) is 26.7 Å². The molecule has 0 bridgehead atoms. The van der Waals surface area contributed by atoms with Gasteiger partial charge in [-0.25, -0.2) is 0 Å². The molecule has 0 saturated heterocycles. The molecular formula is C15H12N4O2S. The van der Waals surface area contributed by atoms with E-state index in [1.807, 2.05) is 30.3 Å². The lowest BCUT2D eigenvalue weighted by molar-refractivity contribution is 0.0891. The van der Waals surface area contributed by atoms with Crippen LogP contribution >= 0.6 is 11.3 Å². The molecule has 0 aliphatic rings. The normalized spacial score (nSPS) is 10.4. The standard InChI is InChI=1S/C15H12N4O2S/c20-11(13-7-4-8-22-13)9-12(21)14-17-15(19-18-14)16-10-5-2-1-3-6-10/h1-8H,9H2,(H2,16,17,18,19). The van der Waals surface area contributed by atoms with Crippen LogP contribution in [0.3, 0.4) is 0 Å². The number of para-hydroxylation sites is 1. The summed E-state index contributed by atoms with van der Waals surface area (Å²) in [5, 5.41) is 11.3. The fraction of sp³-hybridized carbons (Fsp3) is 0.0667. The maximum absolute atomic E-state index is 12.0. The number of hydrogen-bond donors (Lipinski definition) is 2. The predicted molar refractivity (Wildman–Crippen MR) is 83.7 cm³/mol. The number of carbonyl (C=O) groups excluding carboxylic acids is 2. The Morgan fingerprint density at radius 3 is 2.64 bits per heavy atom. The molecule has 2 N–H and O–H groups in total. The van der Waals surface area contributed by atoms with E-state index in [1.54, 1.807) is 17.5 Å². The smallest absolute Gasteiger partial charge is 0.246 e. The Kier molecular flexibility index (Phi) is 4.06. The highest BCUT2D eigenvalue weighted by Crippen LogP contribution is 2.14. The molecule has 0 amide bonds. The number of H-pyrrole nitrogens is 1. The molecule has 110 valence electrons. The van der Waals surface area contributed by atoms with Crippen LogP contribution in [0.5, 0.6) is 0 Å². The van der Waals surface area contributed by atoms with Crippen molar-refractivity contribution in [3.63, 3.8) is 0 Å². The van der Waals surface area contributed by atoms with E-state index >= 15 is 0 Å². The van der Waals surface area contributed by atoms with Crippen LogP contribution in [0.1, 0.15) is 26.7 Å². The molecule has 0 radical (unpaired) electrons. The fourth-order valence-electron chi connectivity index (χ4n) is 1.85. The van der Waals surface area contributed by atoms with E-state index in [0.29, 0.717) is 4.88 Å². The first-order chi connectivity index (χ1) is 10.7. The Balaban J connectivity index is 1.65. The molecule has 0 atom stereocenters. The minimum absolute atomic E-state index is 0.0725. The van der Waals surface area contributed by atoms with Crippen LogP contribution in [-0.2, 0) is 0 Å². The van der Waals surface area contributed by atoms with Crippen LogP contribution in [0.15, 0.2) is 47.8 Å². The second-order valence-corrected chi connectivity index (χ2v) is 5.45. The Bertz CT molecular complexity index is 781. The topological polar surface area (TPSA) is 87.7 Å². The summed E-state index contributed by atoms with van der Waals surface area (Å²) in [5.41, 5.74) is 0.815. The third-order valence-electron chi connectivity index (χ3n) is 2.90. The van der Waals surface area contributed by atoms with Crippen LogP contribution in [0.25, 0.3) is 0 Å². The first-order valence-corrected chi connectivity index (χ1v) is 7.45. The molecule has 2 heterocycles. The van der Waals surface area contributed by atoms with Crippen molar-refractivity contribution in [1.82, 2.24) is 15.2 Å². The van der Waals surface area contributed by atoms with Crippen LogP contribution in [0.4, 0.5) is 11.6 Å². The Hall–Kier alpha value is -2.80.